The van der Waals surface area contributed by atoms with Crippen molar-refractivity contribution in [2.45, 2.75) is 25.8 Å². The molecule has 124 valence electrons. The molecule has 0 unspecified atom stereocenters. The van der Waals surface area contributed by atoms with E-state index in [1.165, 1.54) is 12.0 Å². The van der Waals surface area contributed by atoms with Crippen LogP contribution in [0.25, 0.3) is 0 Å². The zero-order valence-corrected chi connectivity index (χ0v) is 14.5. The molecule has 0 fully saturated rings. The molecule has 0 saturated heterocycles. The van der Waals surface area contributed by atoms with E-state index < -0.39 is 0 Å². The first-order valence-electron chi connectivity index (χ1n) is 7.65. The average Bonchev–Trinajstić information content (AvgIpc) is 3.01. The Bertz CT molecular complexity index is 620. The molecule has 0 aromatic heterocycles. The van der Waals surface area contributed by atoms with Crippen LogP contribution in [-0.2, 0) is 13.0 Å². The third kappa shape index (κ3) is 5.03. The monoisotopic (exact) mass is 353 g/mol. The predicted molar refractivity (Wildman–Crippen MR) is 95.9 cm³/mol. The summed E-state index contributed by atoms with van der Waals surface area (Å²) in [5.41, 5.74) is 2.53. The van der Waals surface area contributed by atoms with Crippen LogP contribution < -0.4 is 14.8 Å². The van der Waals surface area contributed by atoms with Crippen molar-refractivity contribution in [1.29, 1.82) is 0 Å². The highest BCUT2D eigenvalue weighted by Gasteiger charge is 2.17. The van der Waals surface area contributed by atoms with Crippen LogP contribution >= 0.6 is 24.0 Å². The molecule has 3 nitrogen and oxygen atoms in total. The number of fused-ring (bicyclic) bond motifs is 1. The fraction of sp³-hybridized carbons (Fsp3) is 0.333. The third-order valence-corrected chi connectivity index (χ3v) is 4.01. The molecule has 2 aromatic carbocycles. The maximum atomic E-state index is 6.17. The van der Waals surface area contributed by atoms with Gasteiger partial charge in [0.1, 0.15) is 0 Å². The minimum absolute atomic E-state index is 0. The highest BCUT2D eigenvalue weighted by molar-refractivity contribution is 6.32. The minimum Gasteiger partial charge on any atom is -0.454 e. The Morgan fingerprint density at radius 1 is 1.00 bits per heavy atom. The van der Waals surface area contributed by atoms with E-state index in [-0.39, 0.29) is 19.2 Å². The molecule has 0 aliphatic carbocycles. The van der Waals surface area contributed by atoms with Crippen molar-refractivity contribution in [3.05, 3.63) is 58.6 Å². The maximum Gasteiger partial charge on any atom is 0.231 e. The van der Waals surface area contributed by atoms with Gasteiger partial charge < -0.3 is 14.8 Å². The highest BCUT2D eigenvalue weighted by atomic mass is 35.5. The number of rotatable bonds is 7. The number of nitrogens with one attached hydrogen (secondary N) is 1. The first-order chi connectivity index (χ1) is 10.8. The lowest BCUT2D eigenvalue weighted by Gasteiger charge is -2.07. The average molecular weight is 354 g/mol. The molecule has 0 radical (unpaired) electrons. The molecule has 1 aliphatic heterocycles. The van der Waals surface area contributed by atoms with Crippen LogP contribution in [0.1, 0.15) is 24.0 Å². The molecular formula is C18H21Cl2NO2. The molecule has 1 heterocycles. The van der Waals surface area contributed by atoms with Gasteiger partial charge >= 0.3 is 0 Å². The molecule has 5 heteroatoms. The Kier molecular flexibility index (Phi) is 7.03. The number of ether oxygens (including phenoxy) is 2. The molecular weight excluding hydrogens is 333 g/mol. The summed E-state index contributed by atoms with van der Waals surface area (Å²) in [4.78, 5) is 0. The van der Waals surface area contributed by atoms with Gasteiger partial charge in [0, 0.05) is 6.54 Å². The Balaban J connectivity index is 0.00000192. The van der Waals surface area contributed by atoms with E-state index in [2.05, 4.69) is 35.6 Å². The second-order valence-electron chi connectivity index (χ2n) is 5.43. The summed E-state index contributed by atoms with van der Waals surface area (Å²) in [5.74, 6) is 1.40. The van der Waals surface area contributed by atoms with E-state index in [4.69, 9.17) is 21.1 Å². The van der Waals surface area contributed by atoms with Crippen LogP contribution in [0.15, 0.2) is 42.5 Å². The van der Waals surface area contributed by atoms with Gasteiger partial charge in [-0.3, -0.25) is 0 Å². The van der Waals surface area contributed by atoms with Crippen molar-refractivity contribution < 1.29 is 9.47 Å². The summed E-state index contributed by atoms with van der Waals surface area (Å²) in [6.07, 6.45) is 3.49. The molecule has 1 aliphatic rings. The largest absolute Gasteiger partial charge is 0.454 e. The first kappa shape index (κ1) is 17.9. The number of benzene rings is 2. The second-order valence-corrected chi connectivity index (χ2v) is 5.84. The summed E-state index contributed by atoms with van der Waals surface area (Å²) < 4.78 is 10.7. The second kappa shape index (κ2) is 9.02. The van der Waals surface area contributed by atoms with Gasteiger partial charge in [0.15, 0.2) is 11.5 Å². The summed E-state index contributed by atoms with van der Waals surface area (Å²) in [5, 5.41) is 4.07. The minimum atomic E-state index is 0. The summed E-state index contributed by atoms with van der Waals surface area (Å²) in [6, 6.07) is 14.5. The van der Waals surface area contributed by atoms with Crippen molar-refractivity contribution >= 4 is 24.0 Å². The van der Waals surface area contributed by atoms with E-state index in [9.17, 15) is 0 Å². The van der Waals surface area contributed by atoms with E-state index in [1.54, 1.807) is 0 Å². The van der Waals surface area contributed by atoms with E-state index in [0.717, 1.165) is 37.2 Å². The lowest BCUT2D eigenvalue weighted by molar-refractivity contribution is 0.174. The summed E-state index contributed by atoms with van der Waals surface area (Å²) in [6.45, 7) is 2.05. The smallest absolute Gasteiger partial charge is 0.231 e. The fourth-order valence-corrected chi connectivity index (χ4v) is 2.87. The van der Waals surface area contributed by atoms with Gasteiger partial charge in [-0.1, -0.05) is 41.9 Å². The van der Waals surface area contributed by atoms with Gasteiger partial charge in [-0.05, 0) is 49.1 Å². The number of aryl methyl sites for hydroxylation is 1. The highest BCUT2D eigenvalue weighted by Crippen LogP contribution is 2.39. The van der Waals surface area contributed by atoms with Crippen LogP contribution in [0.3, 0.4) is 0 Å². The van der Waals surface area contributed by atoms with E-state index in [0.29, 0.717) is 10.8 Å². The van der Waals surface area contributed by atoms with E-state index >= 15 is 0 Å². The van der Waals surface area contributed by atoms with Crippen LogP contribution in [0.2, 0.25) is 5.02 Å². The predicted octanol–water partition coefficient (Wildman–Crippen LogP) is 4.60. The van der Waals surface area contributed by atoms with E-state index in [1.807, 2.05) is 12.1 Å². The molecule has 0 bridgehead atoms. The lowest BCUT2D eigenvalue weighted by Crippen LogP contribution is -2.14. The van der Waals surface area contributed by atoms with Gasteiger partial charge in [-0.2, -0.15) is 0 Å². The van der Waals surface area contributed by atoms with Gasteiger partial charge in [-0.15, -0.1) is 12.4 Å². The zero-order chi connectivity index (χ0) is 15.2. The number of hydrogen-bond donors (Lipinski definition) is 1. The normalized spacial score (nSPS) is 12.0. The standard InChI is InChI=1S/C18H20ClNO2.ClH/c19-16-10-15(11-17-18(16)22-13-21-17)12-20-9-5-4-8-14-6-2-1-3-7-14;/h1-3,6-7,10-11,20H,4-5,8-9,12-13H2;1H. The van der Waals surface area contributed by atoms with Gasteiger partial charge in [0.05, 0.1) is 5.02 Å². The fourth-order valence-electron chi connectivity index (χ4n) is 2.58. The van der Waals surface area contributed by atoms with Crippen molar-refractivity contribution in [3.8, 4) is 11.5 Å². The quantitative estimate of drug-likeness (QED) is 0.737. The molecule has 2 aromatic rings. The molecule has 0 amide bonds. The topological polar surface area (TPSA) is 30.5 Å². The van der Waals surface area contributed by atoms with Crippen molar-refractivity contribution in [2.75, 3.05) is 13.3 Å². The number of hydrogen-bond acceptors (Lipinski definition) is 3. The van der Waals surface area contributed by atoms with Crippen LogP contribution in [0.4, 0.5) is 0 Å². The van der Waals surface area contributed by atoms with Crippen molar-refractivity contribution in [1.82, 2.24) is 5.32 Å². The molecule has 0 atom stereocenters. The van der Waals surface area contributed by atoms with Crippen LogP contribution in [0.5, 0.6) is 11.5 Å². The number of unbranched alkanes of at least 4 members (excludes halogenated alkanes) is 1. The SMILES string of the molecule is Cl.Clc1cc(CNCCCCc2ccccc2)cc2c1OCO2. The molecule has 0 spiro atoms. The molecule has 0 saturated carbocycles. The maximum absolute atomic E-state index is 6.17. The third-order valence-electron chi connectivity index (χ3n) is 3.73. The van der Waals surface area contributed by atoms with Crippen molar-refractivity contribution in [2.24, 2.45) is 0 Å². The lowest BCUT2D eigenvalue weighted by atomic mass is 10.1. The van der Waals surface area contributed by atoms with Crippen LogP contribution in [0, 0.1) is 0 Å². The Morgan fingerprint density at radius 2 is 1.83 bits per heavy atom. The Morgan fingerprint density at radius 3 is 2.65 bits per heavy atom. The molecule has 1 N–H and O–H groups in total. The van der Waals surface area contributed by atoms with Gasteiger partial charge in [0.2, 0.25) is 6.79 Å². The number of halogens is 2. The van der Waals surface area contributed by atoms with Gasteiger partial charge in [0.25, 0.3) is 0 Å². The zero-order valence-electron chi connectivity index (χ0n) is 12.9. The Hall–Kier alpha value is -1.42. The summed E-state index contributed by atoms with van der Waals surface area (Å²) >= 11 is 6.17. The summed E-state index contributed by atoms with van der Waals surface area (Å²) in [7, 11) is 0. The van der Waals surface area contributed by atoms with Crippen molar-refractivity contribution in [3.63, 3.8) is 0 Å². The van der Waals surface area contributed by atoms with Gasteiger partial charge in [-0.25, -0.2) is 0 Å². The molecule has 3 rings (SSSR count). The molecule has 23 heavy (non-hydrogen) atoms. The first-order valence-corrected chi connectivity index (χ1v) is 8.03. The van der Waals surface area contributed by atoms with Crippen LogP contribution in [-0.4, -0.2) is 13.3 Å². The Labute approximate surface area is 148 Å².